The SMILES string of the molecule is COc1cc(Br)cc(C=O)c1OC1CCCC1. The van der Waals surface area contributed by atoms with Gasteiger partial charge in [-0.05, 0) is 37.8 Å². The summed E-state index contributed by atoms with van der Waals surface area (Å²) in [7, 11) is 1.58. The minimum atomic E-state index is 0.212. The fourth-order valence-electron chi connectivity index (χ4n) is 2.13. The zero-order valence-electron chi connectivity index (χ0n) is 9.74. The summed E-state index contributed by atoms with van der Waals surface area (Å²) >= 11 is 3.35. The van der Waals surface area contributed by atoms with Crippen molar-refractivity contribution in [3.05, 3.63) is 22.2 Å². The number of methoxy groups -OCH3 is 1. The second kappa shape index (κ2) is 5.54. The van der Waals surface area contributed by atoms with Crippen LogP contribution in [0.4, 0.5) is 0 Å². The van der Waals surface area contributed by atoms with Crippen molar-refractivity contribution in [1.29, 1.82) is 0 Å². The molecule has 1 saturated carbocycles. The molecule has 1 aliphatic rings. The van der Waals surface area contributed by atoms with Crippen molar-refractivity contribution >= 4 is 22.2 Å². The molecule has 0 atom stereocenters. The number of benzene rings is 1. The molecule has 1 aromatic rings. The predicted molar refractivity (Wildman–Crippen MR) is 69.0 cm³/mol. The Hall–Kier alpha value is -1.03. The van der Waals surface area contributed by atoms with Crippen LogP contribution in [0.1, 0.15) is 36.0 Å². The van der Waals surface area contributed by atoms with Gasteiger partial charge in [-0.25, -0.2) is 0 Å². The van der Waals surface area contributed by atoms with Crippen LogP contribution in [-0.2, 0) is 0 Å². The molecule has 92 valence electrons. The quantitative estimate of drug-likeness (QED) is 0.797. The molecule has 0 spiro atoms. The van der Waals surface area contributed by atoms with Crippen LogP contribution in [0.25, 0.3) is 0 Å². The molecule has 0 radical (unpaired) electrons. The molecule has 0 heterocycles. The third-order valence-corrected chi connectivity index (χ3v) is 3.44. The topological polar surface area (TPSA) is 35.5 Å². The summed E-state index contributed by atoms with van der Waals surface area (Å²) in [5.41, 5.74) is 0.531. The van der Waals surface area contributed by atoms with Gasteiger partial charge in [0.2, 0.25) is 0 Å². The first-order chi connectivity index (χ1) is 8.24. The van der Waals surface area contributed by atoms with E-state index < -0.39 is 0 Å². The number of hydrogen-bond donors (Lipinski definition) is 0. The second-order valence-corrected chi connectivity index (χ2v) is 5.08. The fraction of sp³-hybridized carbons (Fsp3) is 0.462. The number of carbonyl (C=O) groups is 1. The van der Waals surface area contributed by atoms with Gasteiger partial charge in [0.1, 0.15) is 0 Å². The summed E-state index contributed by atoms with van der Waals surface area (Å²) < 4.78 is 12.0. The normalized spacial score (nSPS) is 15.9. The Balaban J connectivity index is 2.31. The van der Waals surface area contributed by atoms with E-state index >= 15 is 0 Å². The highest BCUT2D eigenvalue weighted by Crippen LogP contribution is 2.36. The zero-order chi connectivity index (χ0) is 12.3. The first-order valence-corrected chi connectivity index (χ1v) is 6.53. The molecule has 1 aliphatic carbocycles. The van der Waals surface area contributed by atoms with Crippen molar-refractivity contribution in [3.63, 3.8) is 0 Å². The Labute approximate surface area is 109 Å². The van der Waals surface area contributed by atoms with Gasteiger partial charge in [0.15, 0.2) is 17.8 Å². The lowest BCUT2D eigenvalue weighted by Crippen LogP contribution is -2.13. The van der Waals surface area contributed by atoms with Crippen LogP contribution in [0.2, 0.25) is 0 Å². The molecule has 1 aromatic carbocycles. The molecule has 4 heteroatoms. The molecular formula is C13H15BrO3. The van der Waals surface area contributed by atoms with Crippen LogP contribution in [0.3, 0.4) is 0 Å². The largest absolute Gasteiger partial charge is 0.493 e. The molecule has 0 aromatic heterocycles. The van der Waals surface area contributed by atoms with Crippen LogP contribution in [0.15, 0.2) is 16.6 Å². The van der Waals surface area contributed by atoms with Gasteiger partial charge in [0.25, 0.3) is 0 Å². The molecule has 0 amide bonds. The van der Waals surface area contributed by atoms with E-state index in [0.717, 1.165) is 23.6 Å². The first-order valence-electron chi connectivity index (χ1n) is 5.74. The average molecular weight is 299 g/mol. The number of rotatable bonds is 4. The predicted octanol–water partition coefficient (Wildman–Crippen LogP) is 3.59. The van der Waals surface area contributed by atoms with E-state index in [0.29, 0.717) is 17.1 Å². The Bertz CT molecular complexity index is 411. The van der Waals surface area contributed by atoms with Crippen molar-refractivity contribution in [2.24, 2.45) is 0 Å². The standard InChI is InChI=1S/C13H15BrO3/c1-16-12-7-10(14)6-9(8-15)13(12)17-11-4-2-3-5-11/h6-8,11H,2-5H2,1H3. The van der Waals surface area contributed by atoms with Crippen LogP contribution in [0, 0.1) is 0 Å². The average Bonchev–Trinajstić information content (AvgIpc) is 2.83. The van der Waals surface area contributed by atoms with Crippen LogP contribution >= 0.6 is 15.9 Å². The van der Waals surface area contributed by atoms with Crippen LogP contribution in [0.5, 0.6) is 11.5 Å². The highest BCUT2D eigenvalue weighted by Gasteiger charge is 2.20. The molecule has 0 saturated heterocycles. The van der Waals surface area contributed by atoms with Crippen molar-refractivity contribution in [3.8, 4) is 11.5 Å². The Morgan fingerprint density at radius 1 is 1.35 bits per heavy atom. The monoisotopic (exact) mass is 298 g/mol. The Morgan fingerprint density at radius 3 is 2.65 bits per heavy atom. The summed E-state index contributed by atoms with van der Waals surface area (Å²) in [5, 5.41) is 0. The first kappa shape index (κ1) is 12.4. The van der Waals surface area contributed by atoms with Gasteiger partial charge in [-0.15, -0.1) is 0 Å². The maximum absolute atomic E-state index is 11.1. The van der Waals surface area contributed by atoms with Gasteiger partial charge in [-0.1, -0.05) is 15.9 Å². The highest BCUT2D eigenvalue weighted by molar-refractivity contribution is 9.10. The lowest BCUT2D eigenvalue weighted by molar-refractivity contribution is 0.111. The fourth-order valence-corrected chi connectivity index (χ4v) is 2.58. The van der Waals surface area contributed by atoms with Gasteiger partial charge in [0, 0.05) is 4.47 Å². The summed E-state index contributed by atoms with van der Waals surface area (Å²) in [4.78, 5) is 11.1. The van der Waals surface area contributed by atoms with E-state index in [9.17, 15) is 4.79 Å². The van der Waals surface area contributed by atoms with E-state index in [1.54, 1.807) is 13.2 Å². The maximum atomic E-state index is 11.1. The second-order valence-electron chi connectivity index (χ2n) is 4.17. The highest BCUT2D eigenvalue weighted by atomic mass is 79.9. The third kappa shape index (κ3) is 2.80. The van der Waals surface area contributed by atoms with Crippen molar-refractivity contribution in [2.45, 2.75) is 31.8 Å². The van der Waals surface area contributed by atoms with Crippen molar-refractivity contribution in [1.82, 2.24) is 0 Å². The molecular weight excluding hydrogens is 284 g/mol. The zero-order valence-corrected chi connectivity index (χ0v) is 11.3. The number of ether oxygens (including phenoxy) is 2. The van der Waals surface area contributed by atoms with Gasteiger partial charge in [0.05, 0.1) is 18.8 Å². The van der Waals surface area contributed by atoms with Gasteiger partial charge in [-0.3, -0.25) is 4.79 Å². The molecule has 1 fully saturated rings. The number of aldehydes is 1. The number of hydrogen-bond acceptors (Lipinski definition) is 3. The molecule has 0 N–H and O–H groups in total. The summed E-state index contributed by atoms with van der Waals surface area (Å²) in [5.74, 6) is 1.17. The van der Waals surface area contributed by atoms with E-state index in [4.69, 9.17) is 9.47 Å². The molecule has 0 bridgehead atoms. The number of carbonyl (C=O) groups excluding carboxylic acids is 1. The number of halogens is 1. The molecule has 3 nitrogen and oxygen atoms in total. The van der Waals surface area contributed by atoms with E-state index in [1.165, 1.54) is 12.8 Å². The lowest BCUT2D eigenvalue weighted by atomic mass is 10.2. The van der Waals surface area contributed by atoms with Gasteiger partial charge < -0.3 is 9.47 Å². The van der Waals surface area contributed by atoms with Gasteiger partial charge in [-0.2, -0.15) is 0 Å². The van der Waals surface area contributed by atoms with Crippen LogP contribution in [-0.4, -0.2) is 19.5 Å². The Morgan fingerprint density at radius 2 is 2.06 bits per heavy atom. The van der Waals surface area contributed by atoms with Gasteiger partial charge >= 0.3 is 0 Å². The van der Waals surface area contributed by atoms with Crippen molar-refractivity contribution in [2.75, 3.05) is 7.11 Å². The van der Waals surface area contributed by atoms with Crippen LogP contribution < -0.4 is 9.47 Å². The molecule has 0 unspecified atom stereocenters. The Kier molecular flexibility index (Phi) is 4.05. The summed E-state index contributed by atoms with van der Waals surface area (Å²) in [6.45, 7) is 0. The maximum Gasteiger partial charge on any atom is 0.172 e. The third-order valence-electron chi connectivity index (χ3n) is 2.98. The smallest absolute Gasteiger partial charge is 0.172 e. The van der Waals surface area contributed by atoms with E-state index in [-0.39, 0.29) is 6.10 Å². The molecule has 2 rings (SSSR count). The summed E-state index contributed by atoms with van der Waals surface area (Å²) in [6.07, 6.45) is 5.51. The summed E-state index contributed by atoms with van der Waals surface area (Å²) in [6, 6.07) is 3.57. The van der Waals surface area contributed by atoms with E-state index in [1.807, 2.05) is 6.07 Å². The molecule has 0 aliphatic heterocycles. The minimum Gasteiger partial charge on any atom is -0.493 e. The molecule has 17 heavy (non-hydrogen) atoms. The van der Waals surface area contributed by atoms with E-state index in [2.05, 4.69) is 15.9 Å². The lowest BCUT2D eigenvalue weighted by Gasteiger charge is -2.17. The minimum absolute atomic E-state index is 0.212. The van der Waals surface area contributed by atoms with Crippen molar-refractivity contribution < 1.29 is 14.3 Å².